The highest BCUT2D eigenvalue weighted by Gasteiger charge is 2.24. The zero-order chi connectivity index (χ0) is 13.1. The Hall–Kier alpha value is -1.06. The quantitative estimate of drug-likeness (QED) is 0.870. The summed E-state index contributed by atoms with van der Waals surface area (Å²) >= 11 is 0. The van der Waals surface area contributed by atoms with Gasteiger partial charge in [-0.25, -0.2) is 0 Å². The van der Waals surface area contributed by atoms with Crippen molar-refractivity contribution in [3.8, 4) is 5.75 Å². The van der Waals surface area contributed by atoms with Gasteiger partial charge in [-0.15, -0.1) is 0 Å². The van der Waals surface area contributed by atoms with Gasteiger partial charge in [-0.3, -0.25) is 0 Å². The van der Waals surface area contributed by atoms with Gasteiger partial charge >= 0.3 is 0 Å². The van der Waals surface area contributed by atoms with Crippen molar-refractivity contribution in [2.45, 2.75) is 38.3 Å². The lowest BCUT2D eigenvalue weighted by atomic mass is 9.91. The van der Waals surface area contributed by atoms with Crippen LogP contribution in [0.15, 0.2) is 18.2 Å². The van der Waals surface area contributed by atoms with Gasteiger partial charge in [-0.1, -0.05) is 18.1 Å². The lowest BCUT2D eigenvalue weighted by Gasteiger charge is -2.36. The van der Waals surface area contributed by atoms with E-state index >= 15 is 0 Å². The summed E-state index contributed by atoms with van der Waals surface area (Å²) in [4.78, 5) is 2.26. The van der Waals surface area contributed by atoms with Gasteiger partial charge in [0.1, 0.15) is 5.75 Å². The zero-order valence-corrected chi connectivity index (χ0v) is 11.5. The molecule has 1 aliphatic rings. The average Bonchev–Trinajstić information content (AvgIpc) is 2.26. The number of hydrogen-bond donors (Lipinski definition) is 1. The Morgan fingerprint density at radius 2 is 2.17 bits per heavy atom. The zero-order valence-electron chi connectivity index (χ0n) is 11.5. The summed E-state index contributed by atoms with van der Waals surface area (Å²) in [5.41, 5.74) is 2.04. The number of likely N-dealkylation sites (N-methyl/N-ethyl adjacent to an activating group) is 1. The molecule has 1 aromatic rings. The highest BCUT2D eigenvalue weighted by molar-refractivity contribution is 5.38. The second-order valence-corrected chi connectivity index (χ2v) is 5.29. The van der Waals surface area contributed by atoms with Crippen LogP contribution in [0.3, 0.4) is 0 Å². The maximum Gasteiger partial charge on any atom is 0.124 e. The smallest absolute Gasteiger partial charge is 0.124 e. The van der Waals surface area contributed by atoms with Crippen molar-refractivity contribution in [2.75, 3.05) is 20.7 Å². The predicted octanol–water partition coefficient (Wildman–Crippen LogP) is 2.52. The molecular weight excluding hydrogens is 226 g/mol. The van der Waals surface area contributed by atoms with E-state index in [1.54, 1.807) is 7.11 Å². The largest absolute Gasteiger partial charge is 0.496 e. The third kappa shape index (κ3) is 2.85. The predicted molar refractivity (Wildman–Crippen MR) is 73.0 cm³/mol. The van der Waals surface area contributed by atoms with Crippen LogP contribution in [-0.4, -0.2) is 36.8 Å². The summed E-state index contributed by atoms with van der Waals surface area (Å²) in [5, 5.41) is 10.4. The monoisotopic (exact) mass is 249 g/mol. The number of rotatable bonds is 5. The van der Waals surface area contributed by atoms with Gasteiger partial charge in [-0.05, 0) is 38.9 Å². The Kier molecular flexibility index (Phi) is 4.25. The molecule has 18 heavy (non-hydrogen) atoms. The van der Waals surface area contributed by atoms with Crippen LogP contribution in [0.2, 0.25) is 0 Å². The summed E-state index contributed by atoms with van der Waals surface area (Å²) in [6.45, 7) is 2.70. The molecule has 1 fully saturated rings. The van der Waals surface area contributed by atoms with E-state index in [-0.39, 0.29) is 0 Å². The Labute approximate surface area is 109 Å². The molecule has 1 saturated carbocycles. The molecule has 0 aliphatic heterocycles. The number of methoxy groups -OCH3 is 1. The molecule has 0 spiro atoms. The van der Waals surface area contributed by atoms with Crippen LogP contribution < -0.4 is 4.74 Å². The van der Waals surface area contributed by atoms with E-state index in [9.17, 15) is 5.11 Å². The van der Waals surface area contributed by atoms with Crippen LogP contribution in [-0.2, 0) is 0 Å². The first-order valence-corrected chi connectivity index (χ1v) is 6.64. The van der Waals surface area contributed by atoms with E-state index in [0.29, 0.717) is 12.6 Å². The highest BCUT2D eigenvalue weighted by Crippen LogP contribution is 2.29. The summed E-state index contributed by atoms with van der Waals surface area (Å²) < 4.78 is 5.33. The fraction of sp³-hybridized carbons (Fsp3) is 0.600. The summed E-state index contributed by atoms with van der Waals surface area (Å²) in [5.74, 6) is 0.773. The van der Waals surface area contributed by atoms with Gasteiger partial charge in [-0.2, -0.15) is 0 Å². The van der Waals surface area contributed by atoms with E-state index in [2.05, 4.69) is 11.9 Å². The molecule has 1 aromatic carbocycles. The molecule has 0 amide bonds. The normalized spacial score (nSPS) is 17.6. The first kappa shape index (κ1) is 13.4. The molecular formula is C15H23NO2. The average molecular weight is 249 g/mol. The van der Waals surface area contributed by atoms with Crippen molar-refractivity contribution in [2.24, 2.45) is 0 Å². The topological polar surface area (TPSA) is 32.7 Å². The molecule has 1 aliphatic carbocycles. The Balaban J connectivity index is 2.07. The Morgan fingerprint density at radius 3 is 2.72 bits per heavy atom. The van der Waals surface area contributed by atoms with Crippen molar-refractivity contribution >= 4 is 0 Å². The van der Waals surface area contributed by atoms with Crippen molar-refractivity contribution in [1.82, 2.24) is 4.90 Å². The van der Waals surface area contributed by atoms with E-state index in [0.717, 1.165) is 16.9 Å². The molecule has 0 aromatic heterocycles. The summed E-state index contributed by atoms with van der Waals surface area (Å²) in [6.07, 6.45) is 3.35. The maximum absolute atomic E-state index is 10.4. The van der Waals surface area contributed by atoms with Gasteiger partial charge in [0.15, 0.2) is 0 Å². The molecule has 0 bridgehead atoms. The van der Waals surface area contributed by atoms with Crippen LogP contribution in [0.25, 0.3) is 0 Å². The highest BCUT2D eigenvalue weighted by atomic mass is 16.5. The number of aliphatic hydroxyl groups is 1. The SMILES string of the molecule is COc1ccc(C)cc1C(O)CN(C)C1CCC1. The van der Waals surface area contributed by atoms with Gasteiger partial charge in [0.05, 0.1) is 13.2 Å². The van der Waals surface area contributed by atoms with Crippen LogP contribution in [0.5, 0.6) is 5.75 Å². The molecule has 1 unspecified atom stereocenters. The van der Waals surface area contributed by atoms with Crippen LogP contribution in [0.4, 0.5) is 0 Å². The summed E-state index contributed by atoms with van der Waals surface area (Å²) in [6, 6.07) is 6.59. The lowest BCUT2D eigenvalue weighted by molar-refractivity contribution is 0.0762. The van der Waals surface area contributed by atoms with E-state index in [4.69, 9.17) is 4.74 Å². The Morgan fingerprint density at radius 1 is 1.44 bits per heavy atom. The fourth-order valence-corrected chi connectivity index (χ4v) is 2.46. The number of ether oxygens (including phenoxy) is 1. The third-order valence-corrected chi connectivity index (χ3v) is 3.90. The van der Waals surface area contributed by atoms with Crippen molar-refractivity contribution in [1.29, 1.82) is 0 Å². The third-order valence-electron chi connectivity index (χ3n) is 3.90. The molecule has 1 atom stereocenters. The number of hydrogen-bond acceptors (Lipinski definition) is 3. The minimum absolute atomic E-state index is 0.481. The summed E-state index contributed by atoms with van der Waals surface area (Å²) in [7, 11) is 3.74. The van der Waals surface area contributed by atoms with Crippen molar-refractivity contribution in [3.63, 3.8) is 0 Å². The maximum atomic E-state index is 10.4. The number of aryl methyl sites for hydroxylation is 1. The molecule has 2 rings (SSSR count). The second-order valence-electron chi connectivity index (χ2n) is 5.29. The molecule has 3 nitrogen and oxygen atoms in total. The van der Waals surface area contributed by atoms with Gasteiger partial charge in [0, 0.05) is 18.2 Å². The minimum Gasteiger partial charge on any atom is -0.496 e. The van der Waals surface area contributed by atoms with Crippen LogP contribution in [0.1, 0.15) is 36.5 Å². The van der Waals surface area contributed by atoms with Crippen LogP contribution >= 0.6 is 0 Å². The molecule has 0 saturated heterocycles. The minimum atomic E-state index is -0.481. The molecule has 0 radical (unpaired) electrons. The van der Waals surface area contributed by atoms with Gasteiger partial charge < -0.3 is 14.7 Å². The fourth-order valence-electron chi connectivity index (χ4n) is 2.46. The van der Waals surface area contributed by atoms with Crippen molar-refractivity contribution < 1.29 is 9.84 Å². The molecule has 0 heterocycles. The first-order chi connectivity index (χ1) is 8.61. The van der Waals surface area contributed by atoms with Crippen molar-refractivity contribution in [3.05, 3.63) is 29.3 Å². The molecule has 1 N–H and O–H groups in total. The van der Waals surface area contributed by atoms with Gasteiger partial charge in [0.25, 0.3) is 0 Å². The van der Waals surface area contributed by atoms with E-state index < -0.39 is 6.10 Å². The molecule has 100 valence electrons. The first-order valence-electron chi connectivity index (χ1n) is 6.64. The lowest BCUT2D eigenvalue weighted by Crippen LogP contribution is -2.39. The molecule has 3 heteroatoms. The number of nitrogens with zero attached hydrogens (tertiary/aromatic N) is 1. The Bertz CT molecular complexity index is 401. The number of benzene rings is 1. The van der Waals surface area contributed by atoms with Crippen LogP contribution in [0, 0.1) is 6.92 Å². The standard InChI is InChI=1S/C15H23NO2/c1-11-7-8-15(18-3)13(9-11)14(17)10-16(2)12-5-4-6-12/h7-9,12,14,17H,4-6,10H2,1-3H3. The van der Waals surface area contributed by atoms with Gasteiger partial charge in [0.2, 0.25) is 0 Å². The second kappa shape index (κ2) is 5.72. The van der Waals surface area contributed by atoms with E-state index in [1.165, 1.54) is 19.3 Å². The number of aliphatic hydroxyl groups excluding tert-OH is 1. The van der Waals surface area contributed by atoms with E-state index in [1.807, 2.05) is 25.1 Å².